The van der Waals surface area contributed by atoms with Gasteiger partial charge in [0.2, 0.25) is 0 Å². The summed E-state index contributed by atoms with van der Waals surface area (Å²) in [5.41, 5.74) is 0.0777. The Balaban J connectivity index is 1.83. The fourth-order valence-corrected chi connectivity index (χ4v) is 2.31. The summed E-state index contributed by atoms with van der Waals surface area (Å²) in [6, 6.07) is 10.5. The highest BCUT2D eigenvalue weighted by Crippen LogP contribution is 2.25. The summed E-state index contributed by atoms with van der Waals surface area (Å²) in [7, 11) is 3.36. The van der Waals surface area contributed by atoms with Gasteiger partial charge in [0.05, 0.1) is 13.2 Å². The van der Waals surface area contributed by atoms with Crippen LogP contribution in [0.5, 0.6) is 11.5 Å². The molecule has 4 nitrogen and oxygen atoms in total. The molecule has 0 bridgehead atoms. The third-order valence-electron chi connectivity index (χ3n) is 3.61. The Morgan fingerprint density at radius 2 is 1.83 bits per heavy atom. The third-order valence-corrected chi connectivity index (χ3v) is 3.61. The van der Waals surface area contributed by atoms with Gasteiger partial charge in [-0.2, -0.15) is 0 Å². The second-order valence-electron chi connectivity index (χ2n) is 5.44. The molecule has 130 valence electrons. The van der Waals surface area contributed by atoms with E-state index in [4.69, 9.17) is 9.47 Å². The molecule has 0 heterocycles. The zero-order valence-corrected chi connectivity index (χ0v) is 13.7. The topological polar surface area (TPSA) is 41.9 Å². The van der Waals surface area contributed by atoms with E-state index in [0.29, 0.717) is 24.7 Å². The predicted octanol–water partition coefficient (Wildman–Crippen LogP) is 3.02. The Bertz CT molecular complexity index is 666. The minimum absolute atomic E-state index is 0.0777. The molecule has 0 saturated carbocycles. The number of para-hydroxylation sites is 2. The smallest absolute Gasteiger partial charge is 0.161 e. The van der Waals surface area contributed by atoms with Gasteiger partial charge in [0.1, 0.15) is 18.2 Å². The summed E-state index contributed by atoms with van der Waals surface area (Å²) < 4.78 is 37.4. The van der Waals surface area contributed by atoms with Gasteiger partial charge >= 0.3 is 0 Å². The molecule has 24 heavy (non-hydrogen) atoms. The second-order valence-corrected chi connectivity index (χ2v) is 5.44. The highest BCUT2D eigenvalue weighted by Gasteiger charge is 2.15. The van der Waals surface area contributed by atoms with Crippen LogP contribution in [-0.2, 0) is 0 Å². The highest BCUT2D eigenvalue weighted by molar-refractivity contribution is 5.39. The summed E-state index contributed by atoms with van der Waals surface area (Å²) in [4.78, 5) is 1.81. The maximum atomic E-state index is 13.7. The van der Waals surface area contributed by atoms with Gasteiger partial charge in [-0.1, -0.05) is 18.2 Å². The number of hydrogen-bond acceptors (Lipinski definition) is 4. The van der Waals surface area contributed by atoms with Crippen molar-refractivity contribution in [2.75, 3.05) is 33.9 Å². The molecule has 0 aliphatic heterocycles. The largest absolute Gasteiger partial charge is 0.493 e. The maximum absolute atomic E-state index is 13.7. The minimum Gasteiger partial charge on any atom is -0.493 e. The summed E-state index contributed by atoms with van der Waals surface area (Å²) in [6.07, 6.45) is -1.04. The Hall–Kier alpha value is -2.18. The molecule has 2 rings (SSSR count). The first-order valence-corrected chi connectivity index (χ1v) is 7.58. The molecule has 0 fully saturated rings. The predicted molar refractivity (Wildman–Crippen MR) is 87.3 cm³/mol. The molecule has 1 unspecified atom stereocenters. The number of rotatable bonds is 8. The zero-order chi connectivity index (χ0) is 17.5. The van der Waals surface area contributed by atoms with Crippen molar-refractivity contribution in [3.8, 4) is 11.5 Å². The third kappa shape index (κ3) is 4.91. The number of halogens is 2. The monoisotopic (exact) mass is 337 g/mol. The van der Waals surface area contributed by atoms with Crippen molar-refractivity contribution in [2.45, 2.75) is 6.10 Å². The molecule has 2 aromatic rings. The molecule has 0 radical (unpaired) electrons. The minimum atomic E-state index is -1.04. The lowest BCUT2D eigenvalue weighted by Crippen LogP contribution is -2.29. The van der Waals surface area contributed by atoms with Gasteiger partial charge < -0.3 is 19.5 Å². The number of hydrogen-bond donors (Lipinski definition) is 1. The lowest BCUT2D eigenvalue weighted by molar-refractivity contribution is 0.114. The number of ether oxygens (including phenoxy) is 2. The number of nitrogens with zero attached hydrogens (tertiary/aromatic N) is 1. The van der Waals surface area contributed by atoms with Gasteiger partial charge in [-0.3, -0.25) is 0 Å². The van der Waals surface area contributed by atoms with Gasteiger partial charge in [-0.05, 0) is 25.2 Å². The first-order valence-electron chi connectivity index (χ1n) is 7.58. The molecule has 0 aliphatic rings. The molecule has 0 amide bonds. The van der Waals surface area contributed by atoms with Crippen LogP contribution >= 0.6 is 0 Å². The lowest BCUT2D eigenvalue weighted by Gasteiger charge is -2.21. The van der Waals surface area contributed by atoms with Crippen molar-refractivity contribution < 1.29 is 23.4 Å². The number of methoxy groups -OCH3 is 1. The van der Waals surface area contributed by atoms with E-state index in [1.807, 2.05) is 23.1 Å². The molecule has 0 aliphatic carbocycles. The molecule has 2 aromatic carbocycles. The average molecular weight is 337 g/mol. The van der Waals surface area contributed by atoms with E-state index in [0.717, 1.165) is 12.1 Å². The molecule has 1 atom stereocenters. The van der Waals surface area contributed by atoms with Crippen molar-refractivity contribution in [1.29, 1.82) is 0 Å². The molecular weight excluding hydrogens is 316 g/mol. The van der Waals surface area contributed by atoms with E-state index >= 15 is 0 Å². The first kappa shape index (κ1) is 18.2. The van der Waals surface area contributed by atoms with Crippen LogP contribution in [0.15, 0.2) is 42.5 Å². The Morgan fingerprint density at radius 3 is 2.50 bits per heavy atom. The van der Waals surface area contributed by atoms with Crippen molar-refractivity contribution >= 4 is 0 Å². The van der Waals surface area contributed by atoms with Gasteiger partial charge in [0.25, 0.3) is 0 Å². The maximum Gasteiger partial charge on any atom is 0.161 e. The van der Waals surface area contributed by atoms with Gasteiger partial charge in [-0.15, -0.1) is 0 Å². The molecule has 0 saturated heterocycles. The van der Waals surface area contributed by atoms with Crippen molar-refractivity contribution in [1.82, 2.24) is 4.90 Å². The normalized spacial score (nSPS) is 12.2. The van der Waals surface area contributed by atoms with Crippen LogP contribution in [-0.4, -0.2) is 43.9 Å². The van der Waals surface area contributed by atoms with Gasteiger partial charge in [-0.25, -0.2) is 8.78 Å². The lowest BCUT2D eigenvalue weighted by atomic mass is 10.1. The van der Waals surface area contributed by atoms with E-state index in [-0.39, 0.29) is 12.1 Å². The summed E-state index contributed by atoms with van der Waals surface area (Å²) in [6.45, 7) is 1.12. The van der Waals surface area contributed by atoms with Crippen LogP contribution in [0, 0.1) is 11.6 Å². The van der Waals surface area contributed by atoms with Crippen LogP contribution < -0.4 is 9.47 Å². The van der Waals surface area contributed by atoms with E-state index < -0.39 is 17.7 Å². The van der Waals surface area contributed by atoms with Crippen LogP contribution in [0.1, 0.15) is 11.7 Å². The number of aliphatic hydroxyl groups excluding tert-OH is 1. The Labute approximate surface area is 140 Å². The van der Waals surface area contributed by atoms with Crippen molar-refractivity contribution in [2.24, 2.45) is 0 Å². The fraction of sp³-hybridized carbons (Fsp3) is 0.333. The van der Waals surface area contributed by atoms with Crippen molar-refractivity contribution in [3.05, 3.63) is 59.7 Å². The number of aliphatic hydroxyl groups is 1. The average Bonchev–Trinajstić information content (AvgIpc) is 2.55. The molecule has 1 N–H and O–H groups in total. The fourth-order valence-electron chi connectivity index (χ4n) is 2.31. The first-order chi connectivity index (χ1) is 11.5. The Kier molecular flexibility index (Phi) is 6.52. The molecular formula is C18H21F2NO3. The standard InChI is InChI=1S/C18H21F2NO3/c1-21(9-10-24-18-6-4-3-5-17(18)23-2)12-16(22)14-8-7-13(19)11-15(14)20/h3-8,11,16,22H,9-10,12H2,1-2H3. The number of likely N-dealkylation sites (N-methyl/N-ethyl adjacent to an activating group) is 1. The van der Waals surface area contributed by atoms with E-state index in [9.17, 15) is 13.9 Å². The second kappa shape index (κ2) is 8.61. The number of benzene rings is 2. The summed E-state index contributed by atoms with van der Waals surface area (Å²) in [5, 5.41) is 10.1. The summed E-state index contributed by atoms with van der Waals surface area (Å²) in [5.74, 6) is -0.129. The molecule has 6 heteroatoms. The van der Waals surface area contributed by atoms with Crippen LogP contribution in [0.25, 0.3) is 0 Å². The zero-order valence-electron chi connectivity index (χ0n) is 13.7. The quantitative estimate of drug-likeness (QED) is 0.804. The van der Waals surface area contributed by atoms with Crippen molar-refractivity contribution in [3.63, 3.8) is 0 Å². The molecule has 0 spiro atoms. The van der Waals surface area contributed by atoms with Gasteiger partial charge in [0, 0.05) is 24.7 Å². The molecule has 0 aromatic heterocycles. The van der Waals surface area contributed by atoms with E-state index in [2.05, 4.69) is 0 Å². The van der Waals surface area contributed by atoms with Crippen LogP contribution in [0.4, 0.5) is 8.78 Å². The highest BCUT2D eigenvalue weighted by atomic mass is 19.1. The SMILES string of the molecule is COc1ccccc1OCCN(C)CC(O)c1ccc(F)cc1F. The van der Waals surface area contributed by atoms with E-state index in [1.165, 1.54) is 6.07 Å². The summed E-state index contributed by atoms with van der Waals surface area (Å²) >= 11 is 0. The van der Waals surface area contributed by atoms with Crippen LogP contribution in [0.2, 0.25) is 0 Å². The van der Waals surface area contributed by atoms with Gasteiger partial charge in [0.15, 0.2) is 11.5 Å². The Morgan fingerprint density at radius 1 is 1.12 bits per heavy atom. The van der Waals surface area contributed by atoms with Crippen LogP contribution in [0.3, 0.4) is 0 Å². The van der Waals surface area contributed by atoms with E-state index in [1.54, 1.807) is 20.2 Å².